The van der Waals surface area contributed by atoms with Crippen molar-refractivity contribution in [2.45, 2.75) is 17.7 Å². The van der Waals surface area contributed by atoms with Gasteiger partial charge in [0, 0.05) is 15.8 Å². The lowest BCUT2D eigenvalue weighted by atomic mass is 10.2. The number of anilines is 1. The molecule has 0 spiro atoms. The van der Waals surface area contributed by atoms with Crippen molar-refractivity contribution < 1.29 is 13.2 Å². The normalized spacial score (nSPS) is 26.1. The SMILES string of the molecule is O=C(Cc1cccs1)N=C1S[C@@H]2CS(=O)(=O)C[C@H]2N1c1ccccc1. The second kappa shape index (κ2) is 6.59. The standard InChI is InChI=1S/C17H16N2O3S3/c20-16(9-13-7-4-8-23-13)18-17-19(12-5-2-1-3-6-12)14-10-25(21,22)11-15(14)24-17/h1-8,14-15H,9-11H2/t14-,15-/m1/s1. The van der Waals surface area contributed by atoms with Crippen LogP contribution in [0.2, 0.25) is 0 Å². The first-order chi connectivity index (χ1) is 12.0. The molecule has 1 aromatic heterocycles. The van der Waals surface area contributed by atoms with E-state index in [1.165, 1.54) is 23.1 Å². The van der Waals surface area contributed by atoms with E-state index in [9.17, 15) is 13.2 Å². The summed E-state index contributed by atoms with van der Waals surface area (Å²) in [4.78, 5) is 19.6. The molecular weight excluding hydrogens is 376 g/mol. The largest absolute Gasteiger partial charge is 0.316 e. The Labute approximate surface area is 154 Å². The smallest absolute Gasteiger partial charge is 0.253 e. The quantitative estimate of drug-likeness (QED) is 0.803. The molecule has 2 saturated heterocycles. The Bertz CT molecular complexity index is 908. The highest BCUT2D eigenvalue weighted by molar-refractivity contribution is 8.16. The van der Waals surface area contributed by atoms with E-state index in [2.05, 4.69) is 4.99 Å². The topological polar surface area (TPSA) is 66.8 Å². The van der Waals surface area contributed by atoms with Gasteiger partial charge in [0.1, 0.15) is 0 Å². The zero-order chi connectivity index (χ0) is 17.4. The van der Waals surface area contributed by atoms with Gasteiger partial charge in [-0.05, 0) is 23.6 Å². The number of sulfone groups is 1. The number of aliphatic imine (C=N–C) groups is 1. The first kappa shape index (κ1) is 16.8. The molecule has 8 heteroatoms. The molecule has 1 amide bonds. The number of amides is 1. The highest BCUT2D eigenvalue weighted by Gasteiger charge is 2.49. The summed E-state index contributed by atoms with van der Waals surface area (Å²) in [5, 5.41) is 2.47. The number of nitrogens with zero attached hydrogens (tertiary/aromatic N) is 2. The van der Waals surface area contributed by atoms with E-state index < -0.39 is 9.84 Å². The van der Waals surface area contributed by atoms with E-state index in [4.69, 9.17) is 0 Å². The maximum absolute atomic E-state index is 12.4. The molecule has 0 bridgehead atoms. The summed E-state index contributed by atoms with van der Waals surface area (Å²) in [7, 11) is -3.04. The molecule has 130 valence electrons. The zero-order valence-corrected chi connectivity index (χ0v) is 15.7. The Kier molecular flexibility index (Phi) is 4.43. The summed E-state index contributed by atoms with van der Waals surface area (Å²) in [6, 6.07) is 13.2. The van der Waals surface area contributed by atoms with Gasteiger partial charge in [0.05, 0.1) is 24.0 Å². The summed E-state index contributed by atoms with van der Waals surface area (Å²) in [6.45, 7) is 0. The van der Waals surface area contributed by atoms with Gasteiger partial charge < -0.3 is 4.90 Å². The number of hydrogen-bond acceptors (Lipinski definition) is 5. The molecule has 0 N–H and O–H groups in total. The number of amidine groups is 1. The minimum absolute atomic E-state index is 0.0708. The minimum Gasteiger partial charge on any atom is -0.316 e. The molecule has 0 aliphatic carbocycles. The Morgan fingerprint density at radius 3 is 2.68 bits per heavy atom. The predicted molar refractivity (Wildman–Crippen MR) is 103 cm³/mol. The fourth-order valence-electron chi connectivity index (χ4n) is 3.16. The Balaban J connectivity index is 1.64. The minimum atomic E-state index is -3.04. The lowest BCUT2D eigenvalue weighted by Crippen LogP contribution is -2.37. The fourth-order valence-corrected chi connectivity index (χ4v) is 7.79. The Hall–Kier alpha value is -1.64. The number of thiophene rings is 1. The van der Waals surface area contributed by atoms with Crippen molar-refractivity contribution in [1.29, 1.82) is 0 Å². The fraction of sp³-hybridized carbons (Fsp3) is 0.294. The molecular formula is C17H16N2O3S3. The molecule has 2 aliphatic heterocycles. The van der Waals surface area contributed by atoms with Crippen molar-refractivity contribution in [3.63, 3.8) is 0 Å². The average molecular weight is 393 g/mol. The molecule has 2 atom stereocenters. The third-order valence-corrected chi connectivity index (χ3v) is 8.31. The molecule has 2 fully saturated rings. The van der Waals surface area contributed by atoms with Crippen LogP contribution < -0.4 is 4.90 Å². The maximum atomic E-state index is 12.4. The summed E-state index contributed by atoms with van der Waals surface area (Å²) in [5.74, 6) is 0.0512. The summed E-state index contributed by atoms with van der Waals surface area (Å²) in [6.07, 6.45) is 0.276. The van der Waals surface area contributed by atoms with Crippen LogP contribution in [0.1, 0.15) is 4.88 Å². The predicted octanol–water partition coefficient (Wildman–Crippen LogP) is 2.59. The van der Waals surface area contributed by atoms with Gasteiger partial charge in [-0.3, -0.25) is 4.79 Å². The van der Waals surface area contributed by atoms with Crippen LogP contribution in [-0.2, 0) is 21.1 Å². The van der Waals surface area contributed by atoms with Crippen molar-refractivity contribution in [3.05, 3.63) is 52.7 Å². The number of hydrogen-bond donors (Lipinski definition) is 0. The number of fused-ring (bicyclic) bond motifs is 1. The first-order valence-electron chi connectivity index (χ1n) is 7.87. The van der Waals surface area contributed by atoms with E-state index in [1.807, 2.05) is 52.7 Å². The second-order valence-electron chi connectivity index (χ2n) is 6.05. The average Bonchev–Trinajstić information content (AvgIpc) is 3.23. The van der Waals surface area contributed by atoms with E-state index in [1.54, 1.807) is 0 Å². The molecule has 0 radical (unpaired) electrons. The summed E-state index contributed by atoms with van der Waals surface area (Å²) >= 11 is 2.94. The van der Waals surface area contributed by atoms with Crippen molar-refractivity contribution in [3.8, 4) is 0 Å². The van der Waals surface area contributed by atoms with E-state index in [0.29, 0.717) is 5.17 Å². The molecule has 0 unspecified atom stereocenters. The second-order valence-corrected chi connectivity index (χ2v) is 10.4. The van der Waals surface area contributed by atoms with Crippen molar-refractivity contribution in [1.82, 2.24) is 0 Å². The molecule has 1 aromatic carbocycles. The molecule has 2 aromatic rings. The van der Waals surface area contributed by atoms with Gasteiger partial charge in [-0.2, -0.15) is 4.99 Å². The molecule has 2 aliphatic rings. The number of benzene rings is 1. The Morgan fingerprint density at radius 1 is 1.16 bits per heavy atom. The van der Waals surface area contributed by atoms with Gasteiger partial charge in [-0.1, -0.05) is 36.0 Å². The number of para-hydroxylation sites is 1. The van der Waals surface area contributed by atoms with Gasteiger partial charge in [0.2, 0.25) is 0 Å². The third kappa shape index (κ3) is 3.51. The van der Waals surface area contributed by atoms with Gasteiger partial charge in [-0.15, -0.1) is 11.3 Å². The first-order valence-corrected chi connectivity index (χ1v) is 11.5. The number of carbonyl (C=O) groups is 1. The maximum Gasteiger partial charge on any atom is 0.253 e. The molecule has 3 heterocycles. The van der Waals surface area contributed by atoms with Crippen LogP contribution in [0, 0.1) is 0 Å². The monoisotopic (exact) mass is 392 g/mol. The zero-order valence-electron chi connectivity index (χ0n) is 13.2. The van der Waals surface area contributed by atoms with Crippen LogP contribution in [-0.4, -0.2) is 42.3 Å². The lowest BCUT2D eigenvalue weighted by Gasteiger charge is -2.24. The molecule has 0 saturated carbocycles. The number of carbonyl (C=O) groups excluding carboxylic acids is 1. The highest BCUT2D eigenvalue weighted by Crippen LogP contribution is 2.40. The summed E-state index contributed by atoms with van der Waals surface area (Å²) in [5.41, 5.74) is 0.877. The van der Waals surface area contributed by atoms with Gasteiger partial charge in [-0.25, -0.2) is 8.42 Å². The van der Waals surface area contributed by atoms with E-state index >= 15 is 0 Å². The van der Waals surface area contributed by atoms with Gasteiger partial charge >= 0.3 is 0 Å². The number of thioether (sulfide) groups is 1. The van der Waals surface area contributed by atoms with Crippen LogP contribution in [0.15, 0.2) is 52.8 Å². The van der Waals surface area contributed by atoms with Gasteiger partial charge in [0.25, 0.3) is 5.91 Å². The van der Waals surface area contributed by atoms with Crippen LogP contribution >= 0.6 is 23.1 Å². The van der Waals surface area contributed by atoms with Crippen LogP contribution in [0.5, 0.6) is 0 Å². The van der Waals surface area contributed by atoms with Crippen LogP contribution in [0.3, 0.4) is 0 Å². The van der Waals surface area contributed by atoms with E-state index in [0.717, 1.165) is 10.6 Å². The lowest BCUT2D eigenvalue weighted by molar-refractivity contribution is -0.117. The van der Waals surface area contributed by atoms with Crippen molar-refractivity contribution in [2.24, 2.45) is 4.99 Å². The molecule has 5 nitrogen and oxygen atoms in total. The third-order valence-electron chi connectivity index (χ3n) is 4.23. The Morgan fingerprint density at radius 2 is 1.96 bits per heavy atom. The highest BCUT2D eigenvalue weighted by atomic mass is 32.2. The van der Waals surface area contributed by atoms with E-state index in [-0.39, 0.29) is 35.1 Å². The molecule has 25 heavy (non-hydrogen) atoms. The van der Waals surface area contributed by atoms with Crippen molar-refractivity contribution in [2.75, 3.05) is 16.4 Å². The van der Waals surface area contributed by atoms with Crippen LogP contribution in [0.4, 0.5) is 5.69 Å². The van der Waals surface area contributed by atoms with Crippen molar-refractivity contribution >= 4 is 49.7 Å². The van der Waals surface area contributed by atoms with Crippen LogP contribution in [0.25, 0.3) is 0 Å². The summed E-state index contributed by atoms with van der Waals surface area (Å²) < 4.78 is 24.0. The number of rotatable bonds is 3. The van der Waals surface area contributed by atoms with Gasteiger partial charge in [0.15, 0.2) is 15.0 Å². The molecule has 4 rings (SSSR count).